The van der Waals surface area contributed by atoms with Crippen molar-refractivity contribution in [2.24, 2.45) is 5.92 Å². The lowest BCUT2D eigenvalue weighted by Gasteiger charge is -2.34. The summed E-state index contributed by atoms with van der Waals surface area (Å²) in [5.41, 5.74) is 1.13. The summed E-state index contributed by atoms with van der Waals surface area (Å²) in [6.07, 6.45) is 1.20. The fraction of sp³-hybridized carbons (Fsp3) is 0.529. The van der Waals surface area contributed by atoms with Gasteiger partial charge in [-0.15, -0.1) is 0 Å². The highest BCUT2D eigenvalue weighted by molar-refractivity contribution is 5.82. The van der Waals surface area contributed by atoms with Crippen molar-refractivity contribution in [3.05, 3.63) is 35.9 Å². The van der Waals surface area contributed by atoms with Crippen LogP contribution < -0.4 is 5.32 Å². The minimum atomic E-state index is -0.605. The standard InChI is InChI=1S/C17H24N2O4/c1-23-17(22)18-12-16(21)19-9-7-14(8-10-19)15(20)11-13-5-3-2-4-6-13/h2-6,14-15,20H,7-12H2,1H3,(H,18,22). The number of likely N-dealkylation sites (tertiary alicyclic amines) is 1. The smallest absolute Gasteiger partial charge is 0.407 e. The van der Waals surface area contributed by atoms with Crippen molar-refractivity contribution in [3.63, 3.8) is 0 Å². The highest BCUT2D eigenvalue weighted by Crippen LogP contribution is 2.23. The summed E-state index contributed by atoms with van der Waals surface area (Å²) in [7, 11) is 1.26. The van der Waals surface area contributed by atoms with Crippen LogP contribution in [0.4, 0.5) is 4.79 Å². The number of rotatable bonds is 5. The van der Waals surface area contributed by atoms with Gasteiger partial charge in [0.2, 0.25) is 5.91 Å². The number of ether oxygens (including phenoxy) is 1. The quantitative estimate of drug-likeness (QED) is 0.854. The molecular weight excluding hydrogens is 296 g/mol. The molecule has 0 radical (unpaired) electrons. The molecule has 1 unspecified atom stereocenters. The Morgan fingerprint density at radius 1 is 1.30 bits per heavy atom. The van der Waals surface area contributed by atoms with Gasteiger partial charge in [0.25, 0.3) is 0 Å². The normalized spacial score (nSPS) is 16.7. The first-order valence-corrected chi connectivity index (χ1v) is 7.91. The molecule has 0 aromatic heterocycles. The number of hydrogen-bond donors (Lipinski definition) is 2. The predicted molar refractivity (Wildman–Crippen MR) is 85.9 cm³/mol. The monoisotopic (exact) mass is 320 g/mol. The third-order valence-electron chi connectivity index (χ3n) is 4.29. The van der Waals surface area contributed by atoms with Gasteiger partial charge in [0.1, 0.15) is 6.54 Å². The summed E-state index contributed by atoms with van der Waals surface area (Å²) >= 11 is 0. The van der Waals surface area contributed by atoms with Crippen LogP contribution in [0, 0.1) is 5.92 Å². The van der Waals surface area contributed by atoms with Crippen molar-refractivity contribution in [3.8, 4) is 0 Å². The van der Waals surface area contributed by atoms with Crippen LogP contribution in [-0.4, -0.2) is 54.9 Å². The Morgan fingerprint density at radius 2 is 1.96 bits per heavy atom. The largest absolute Gasteiger partial charge is 0.453 e. The lowest BCUT2D eigenvalue weighted by Crippen LogP contribution is -2.45. The number of aliphatic hydroxyl groups excluding tert-OH is 1. The molecule has 2 rings (SSSR count). The van der Waals surface area contributed by atoms with Gasteiger partial charge in [-0.05, 0) is 30.7 Å². The van der Waals surface area contributed by atoms with Gasteiger partial charge in [-0.2, -0.15) is 0 Å². The van der Waals surface area contributed by atoms with Gasteiger partial charge in [-0.1, -0.05) is 30.3 Å². The molecule has 1 saturated heterocycles. The maximum Gasteiger partial charge on any atom is 0.407 e. The molecule has 6 nitrogen and oxygen atoms in total. The van der Waals surface area contributed by atoms with Crippen LogP contribution in [0.25, 0.3) is 0 Å². The lowest BCUT2D eigenvalue weighted by atomic mass is 9.88. The van der Waals surface area contributed by atoms with E-state index in [-0.39, 0.29) is 24.5 Å². The van der Waals surface area contributed by atoms with Crippen LogP contribution in [-0.2, 0) is 16.0 Å². The Hall–Kier alpha value is -2.08. The van der Waals surface area contributed by atoms with Crippen LogP contribution >= 0.6 is 0 Å². The molecule has 1 atom stereocenters. The Balaban J connectivity index is 1.74. The number of nitrogens with zero attached hydrogens (tertiary/aromatic N) is 1. The zero-order valence-electron chi connectivity index (χ0n) is 13.4. The lowest BCUT2D eigenvalue weighted by molar-refractivity contribution is -0.132. The van der Waals surface area contributed by atoms with Crippen LogP contribution in [0.5, 0.6) is 0 Å². The number of methoxy groups -OCH3 is 1. The molecule has 1 aliphatic heterocycles. The third-order valence-corrected chi connectivity index (χ3v) is 4.29. The van der Waals surface area contributed by atoms with Crippen molar-refractivity contribution >= 4 is 12.0 Å². The fourth-order valence-electron chi connectivity index (χ4n) is 2.89. The third kappa shape index (κ3) is 5.25. The maximum absolute atomic E-state index is 12.0. The zero-order valence-corrected chi connectivity index (χ0v) is 13.4. The van der Waals surface area contributed by atoms with Crippen molar-refractivity contribution in [1.82, 2.24) is 10.2 Å². The van der Waals surface area contributed by atoms with Gasteiger partial charge < -0.3 is 20.1 Å². The first-order chi connectivity index (χ1) is 11.1. The molecule has 2 N–H and O–H groups in total. The molecule has 1 fully saturated rings. The van der Waals surface area contributed by atoms with E-state index in [9.17, 15) is 14.7 Å². The number of carbonyl (C=O) groups excluding carboxylic acids is 2. The number of amides is 2. The molecular formula is C17H24N2O4. The van der Waals surface area contributed by atoms with Gasteiger partial charge in [-0.3, -0.25) is 4.79 Å². The van der Waals surface area contributed by atoms with Gasteiger partial charge >= 0.3 is 6.09 Å². The summed E-state index contributed by atoms with van der Waals surface area (Å²) in [5, 5.41) is 12.8. The predicted octanol–water partition coefficient (Wildman–Crippen LogP) is 1.18. The maximum atomic E-state index is 12.0. The van der Waals surface area contributed by atoms with E-state index in [4.69, 9.17) is 0 Å². The van der Waals surface area contributed by atoms with E-state index in [0.717, 1.165) is 18.4 Å². The molecule has 0 saturated carbocycles. The number of piperidine rings is 1. The molecule has 0 aliphatic carbocycles. The SMILES string of the molecule is COC(=O)NCC(=O)N1CCC(C(O)Cc2ccccc2)CC1. The highest BCUT2D eigenvalue weighted by Gasteiger charge is 2.27. The molecule has 1 aliphatic rings. The number of hydrogen-bond acceptors (Lipinski definition) is 4. The van der Waals surface area contributed by atoms with Crippen molar-refractivity contribution < 1.29 is 19.4 Å². The second-order valence-corrected chi connectivity index (χ2v) is 5.82. The van der Waals surface area contributed by atoms with Crippen LogP contribution in [0.2, 0.25) is 0 Å². The first-order valence-electron chi connectivity index (χ1n) is 7.91. The van der Waals surface area contributed by atoms with Gasteiger partial charge in [0.05, 0.1) is 13.2 Å². The molecule has 6 heteroatoms. The van der Waals surface area contributed by atoms with Crippen LogP contribution in [0.15, 0.2) is 30.3 Å². The summed E-state index contributed by atoms with van der Waals surface area (Å²) in [6.45, 7) is 1.17. The second kappa shape index (κ2) is 8.53. The fourth-order valence-corrected chi connectivity index (χ4v) is 2.89. The Bertz CT molecular complexity index is 513. The summed E-state index contributed by atoms with van der Waals surface area (Å²) in [5.74, 6) is 0.0826. The van der Waals surface area contributed by atoms with E-state index in [1.165, 1.54) is 7.11 Å². The molecule has 0 bridgehead atoms. The summed E-state index contributed by atoms with van der Waals surface area (Å²) in [4.78, 5) is 24.7. The molecule has 1 aromatic rings. The first kappa shape index (κ1) is 17.3. The van der Waals surface area contributed by atoms with Crippen molar-refractivity contribution in [2.75, 3.05) is 26.7 Å². The van der Waals surface area contributed by atoms with Crippen molar-refractivity contribution in [2.45, 2.75) is 25.4 Å². The van der Waals surface area contributed by atoms with Gasteiger partial charge in [0, 0.05) is 13.1 Å². The van der Waals surface area contributed by atoms with Crippen LogP contribution in [0.3, 0.4) is 0 Å². The zero-order chi connectivity index (χ0) is 16.7. The second-order valence-electron chi connectivity index (χ2n) is 5.82. The van der Waals surface area contributed by atoms with E-state index in [1.54, 1.807) is 4.90 Å². The van der Waals surface area contributed by atoms with E-state index >= 15 is 0 Å². The number of alkyl carbamates (subject to hydrolysis) is 1. The molecule has 1 heterocycles. The minimum absolute atomic E-state index is 0.0517. The molecule has 2 amide bonds. The number of aliphatic hydroxyl groups is 1. The molecule has 126 valence electrons. The molecule has 1 aromatic carbocycles. The van der Waals surface area contributed by atoms with Gasteiger partial charge in [0.15, 0.2) is 0 Å². The summed E-state index contributed by atoms with van der Waals surface area (Å²) < 4.78 is 4.44. The van der Waals surface area contributed by atoms with Crippen molar-refractivity contribution in [1.29, 1.82) is 0 Å². The average molecular weight is 320 g/mol. The molecule has 0 spiro atoms. The minimum Gasteiger partial charge on any atom is -0.453 e. The van der Waals surface area contributed by atoms with E-state index in [2.05, 4.69) is 10.1 Å². The topological polar surface area (TPSA) is 78.9 Å². The summed E-state index contributed by atoms with van der Waals surface area (Å²) in [6, 6.07) is 9.93. The Morgan fingerprint density at radius 3 is 2.57 bits per heavy atom. The Labute approximate surface area is 136 Å². The number of carbonyl (C=O) groups is 2. The average Bonchev–Trinajstić information content (AvgIpc) is 2.60. The number of nitrogens with one attached hydrogen (secondary N) is 1. The van der Waals surface area contributed by atoms with E-state index in [1.807, 2.05) is 30.3 Å². The van der Waals surface area contributed by atoms with E-state index in [0.29, 0.717) is 19.5 Å². The highest BCUT2D eigenvalue weighted by atomic mass is 16.5. The van der Waals surface area contributed by atoms with Gasteiger partial charge in [-0.25, -0.2) is 4.79 Å². The Kier molecular flexibility index (Phi) is 6.40. The number of benzene rings is 1. The molecule has 23 heavy (non-hydrogen) atoms. The van der Waals surface area contributed by atoms with Crippen LogP contribution in [0.1, 0.15) is 18.4 Å². The van der Waals surface area contributed by atoms with E-state index < -0.39 is 6.09 Å².